The third kappa shape index (κ3) is 4.63. The van der Waals surface area contributed by atoms with Gasteiger partial charge in [0.25, 0.3) is 5.91 Å². The Kier molecular flexibility index (Phi) is 5.84. The van der Waals surface area contributed by atoms with E-state index in [0.29, 0.717) is 17.2 Å². The lowest BCUT2D eigenvalue weighted by atomic mass is 10.1. The van der Waals surface area contributed by atoms with Crippen molar-refractivity contribution in [2.24, 2.45) is 0 Å². The highest BCUT2D eigenvalue weighted by Crippen LogP contribution is 2.29. The maximum Gasteiger partial charge on any atom is 0.339 e. The van der Waals surface area contributed by atoms with Crippen molar-refractivity contribution in [2.75, 3.05) is 26.1 Å². The Labute approximate surface area is 145 Å². The fourth-order valence-electron chi connectivity index (χ4n) is 2.16. The van der Waals surface area contributed by atoms with Gasteiger partial charge in [0.2, 0.25) is 0 Å². The van der Waals surface area contributed by atoms with Crippen LogP contribution in [0.4, 0.5) is 5.69 Å². The Balaban J connectivity index is 2.07. The van der Waals surface area contributed by atoms with Crippen molar-refractivity contribution in [3.05, 3.63) is 47.5 Å². The van der Waals surface area contributed by atoms with Crippen LogP contribution >= 0.6 is 0 Å². The van der Waals surface area contributed by atoms with Crippen LogP contribution in [0.15, 0.2) is 36.4 Å². The van der Waals surface area contributed by atoms with E-state index in [1.807, 2.05) is 0 Å². The predicted octanol–water partition coefficient (Wildman–Crippen LogP) is 2.73. The number of carbonyl (C=O) groups is 2. The molecule has 132 valence electrons. The second kappa shape index (κ2) is 8.05. The highest BCUT2D eigenvalue weighted by atomic mass is 16.5. The summed E-state index contributed by atoms with van der Waals surface area (Å²) in [7, 11) is 3.01. The third-order valence-electron chi connectivity index (χ3n) is 3.41. The van der Waals surface area contributed by atoms with Gasteiger partial charge in [-0.3, -0.25) is 4.79 Å². The molecule has 0 atom stereocenters. The summed E-state index contributed by atoms with van der Waals surface area (Å²) in [4.78, 5) is 23.3. The number of benzene rings is 2. The first-order valence-electron chi connectivity index (χ1n) is 7.43. The van der Waals surface area contributed by atoms with E-state index in [2.05, 4.69) is 5.32 Å². The number of carbonyl (C=O) groups excluding carboxylic acids is 1. The maximum atomic E-state index is 12.1. The highest BCUT2D eigenvalue weighted by molar-refractivity contribution is 5.94. The van der Waals surface area contributed by atoms with Gasteiger partial charge in [0.05, 0.1) is 19.9 Å². The van der Waals surface area contributed by atoms with Crippen molar-refractivity contribution < 1.29 is 28.9 Å². The number of methoxy groups -OCH3 is 2. The summed E-state index contributed by atoms with van der Waals surface area (Å²) in [6.45, 7) is 1.47. The molecular formula is C18H19NO6. The summed E-state index contributed by atoms with van der Waals surface area (Å²) in [6.07, 6.45) is 0. The Morgan fingerprint density at radius 3 is 2.44 bits per heavy atom. The van der Waals surface area contributed by atoms with Crippen LogP contribution in [0.1, 0.15) is 15.9 Å². The maximum absolute atomic E-state index is 12.1. The molecule has 7 nitrogen and oxygen atoms in total. The highest BCUT2D eigenvalue weighted by Gasteiger charge is 2.14. The van der Waals surface area contributed by atoms with Crippen LogP contribution in [0.25, 0.3) is 0 Å². The van der Waals surface area contributed by atoms with Gasteiger partial charge >= 0.3 is 5.97 Å². The number of carboxylic acid groups (broad SMARTS) is 1. The Morgan fingerprint density at radius 2 is 1.80 bits per heavy atom. The lowest BCUT2D eigenvalue weighted by Crippen LogP contribution is -2.21. The number of aryl methyl sites for hydroxylation is 1. The van der Waals surface area contributed by atoms with Gasteiger partial charge in [-0.15, -0.1) is 0 Å². The number of hydrogen-bond acceptors (Lipinski definition) is 5. The zero-order valence-corrected chi connectivity index (χ0v) is 14.2. The summed E-state index contributed by atoms with van der Waals surface area (Å²) in [5.41, 5.74) is 1.29. The van der Waals surface area contributed by atoms with E-state index in [0.717, 1.165) is 5.56 Å². The van der Waals surface area contributed by atoms with Gasteiger partial charge in [0.1, 0.15) is 22.8 Å². The van der Waals surface area contributed by atoms with Crippen LogP contribution in [-0.4, -0.2) is 37.8 Å². The van der Waals surface area contributed by atoms with Gasteiger partial charge in [0, 0.05) is 6.07 Å². The van der Waals surface area contributed by atoms with Gasteiger partial charge in [-0.2, -0.15) is 0 Å². The van der Waals surface area contributed by atoms with Crippen molar-refractivity contribution in [3.63, 3.8) is 0 Å². The average Bonchev–Trinajstić information content (AvgIpc) is 2.60. The topological polar surface area (TPSA) is 94.1 Å². The molecule has 2 aromatic carbocycles. The molecule has 2 aromatic rings. The Bertz CT molecular complexity index is 787. The van der Waals surface area contributed by atoms with Crippen LogP contribution < -0.4 is 19.5 Å². The van der Waals surface area contributed by atoms with E-state index in [1.54, 1.807) is 37.3 Å². The van der Waals surface area contributed by atoms with E-state index in [4.69, 9.17) is 19.3 Å². The zero-order valence-electron chi connectivity index (χ0n) is 14.2. The molecule has 0 bridgehead atoms. The lowest BCUT2D eigenvalue weighted by Gasteiger charge is -2.13. The van der Waals surface area contributed by atoms with Crippen LogP contribution in [0, 0.1) is 6.92 Å². The van der Waals surface area contributed by atoms with E-state index >= 15 is 0 Å². The molecule has 2 N–H and O–H groups in total. The molecule has 0 spiro atoms. The normalized spacial score (nSPS) is 10.0. The summed E-state index contributed by atoms with van der Waals surface area (Å²) in [5, 5.41) is 11.8. The van der Waals surface area contributed by atoms with Gasteiger partial charge in [-0.25, -0.2) is 4.79 Å². The smallest absolute Gasteiger partial charge is 0.339 e. The number of rotatable bonds is 7. The number of aromatic carboxylic acids is 1. The SMILES string of the molecule is COc1ccc(NC(=O)COc2cc(C)ccc2C(=O)O)c(OC)c1. The molecule has 0 fully saturated rings. The number of anilines is 1. The molecule has 0 aliphatic carbocycles. The molecular weight excluding hydrogens is 326 g/mol. The second-order valence-electron chi connectivity index (χ2n) is 5.21. The van der Waals surface area contributed by atoms with E-state index in [1.165, 1.54) is 20.3 Å². The fourth-order valence-corrected chi connectivity index (χ4v) is 2.16. The first-order chi connectivity index (χ1) is 11.9. The minimum atomic E-state index is -1.12. The minimum Gasteiger partial charge on any atom is -0.497 e. The van der Waals surface area contributed by atoms with Gasteiger partial charge in [-0.1, -0.05) is 6.07 Å². The third-order valence-corrected chi connectivity index (χ3v) is 3.41. The van der Waals surface area contributed by atoms with Gasteiger partial charge in [-0.05, 0) is 36.8 Å². The average molecular weight is 345 g/mol. The van der Waals surface area contributed by atoms with E-state index < -0.39 is 11.9 Å². The number of carboxylic acids is 1. The number of amides is 1. The summed E-state index contributed by atoms with van der Waals surface area (Å²) >= 11 is 0. The van der Waals surface area contributed by atoms with E-state index in [-0.39, 0.29) is 17.9 Å². The van der Waals surface area contributed by atoms with Gasteiger partial charge in [0.15, 0.2) is 6.61 Å². The minimum absolute atomic E-state index is 0.000396. The van der Waals surface area contributed by atoms with E-state index in [9.17, 15) is 9.59 Å². The Hall–Kier alpha value is -3.22. The van der Waals surface area contributed by atoms with Crippen LogP contribution in [0.5, 0.6) is 17.2 Å². The molecule has 7 heteroatoms. The molecule has 0 radical (unpaired) electrons. The fraction of sp³-hybridized carbons (Fsp3) is 0.222. The van der Waals surface area contributed by atoms with Crippen molar-refractivity contribution in [1.29, 1.82) is 0 Å². The monoisotopic (exact) mass is 345 g/mol. The molecule has 0 saturated carbocycles. The first kappa shape index (κ1) is 18.1. The molecule has 0 aliphatic rings. The van der Waals surface area contributed by atoms with Crippen molar-refractivity contribution in [3.8, 4) is 17.2 Å². The number of nitrogens with one attached hydrogen (secondary N) is 1. The first-order valence-corrected chi connectivity index (χ1v) is 7.43. The lowest BCUT2D eigenvalue weighted by molar-refractivity contribution is -0.118. The molecule has 0 heterocycles. The number of ether oxygens (including phenoxy) is 3. The second-order valence-corrected chi connectivity index (χ2v) is 5.21. The van der Waals surface area contributed by atoms with Crippen molar-refractivity contribution >= 4 is 17.6 Å². The van der Waals surface area contributed by atoms with Crippen molar-refractivity contribution in [2.45, 2.75) is 6.92 Å². The predicted molar refractivity (Wildman–Crippen MR) is 91.8 cm³/mol. The Morgan fingerprint density at radius 1 is 1.04 bits per heavy atom. The molecule has 0 saturated heterocycles. The standard InChI is InChI=1S/C18H19NO6/c1-11-4-6-13(18(21)22)15(8-11)25-10-17(20)19-14-7-5-12(23-2)9-16(14)24-3/h4-9H,10H2,1-3H3,(H,19,20)(H,21,22). The van der Waals surface area contributed by atoms with Gasteiger partial charge < -0.3 is 24.6 Å². The number of hydrogen-bond donors (Lipinski definition) is 2. The summed E-state index contributed by atoms with van der Waals surface area (Å²) in [6, 6.07) is 9.65. The quantitative estimate of drug-likeness (QED) is 0.801. The van der Waals surface area contributed by atoms with Crippen molar-refractivity contribution in [1.82, 2.24) is 0 Å². The largest absolute Gasteiger partial charge is 0.497 e. The molecule has 2 rings (SSSR count). The van der Waals surface area contributed by atoms with Crippen LogP contribution in [0.3, 0.4) is 0 Å². The molecule has 0 aliphatic heterocycles. The molecule has 0 aromatic heterocycles. The van der Waals surface area contributed by atoms with Crippen LogP contribution in [-0.2, 0) is 4.79 Å². The zero-order chi connectivity index (χ0) is 18.4. The van der Waals surface area contributed by atoms with Crippen LogP contribution in [0.2, 0.25) is 0 Å². The molecule has 0 unspecified atom stereocenters. The summed E-state index contributed by atoms with van der Waals surface area (Å²) < 4.78 is 15.7. The molecule has 25 heavy (non-hydrogen) atoms. The summed E-state index contributed by atoms with van der Waals surface area (Å²) in [5.74, 6) is -0.385. The molecule has 1 amide bonds.